The van der Waals surface area contributed by atoms with Crippen molar-refractivity contribution < 1.29 is 0 Å². The Labute approximate surface area is 678 Å². The molecule has 2 aromatic heterocycles. The molecule has 0 radical (unpaired) electrons. The number of aromatic amines is 2. The van der Waals surface area contributed by atoms with Crippen LogP contribution >= 0.6 is 0 Å². The van der Waals surface area contributed by atoms with Crippen LogP contribution in [0.3, 0.4) is 0 Å². The van der Waals surface area contributed by atoms with Crippen molar-refractivity contribution in [2.24, 2.45) is 9.98 Å². The van der Waals surface area contributed by atoms with Gasteiger partial charge in [-0.3, -0.25) is 0 Å². The summed E-state index contributed by atoms with van der Waals surface area (Å²) in [7, 11) is 0. The van der Waals surface area contributed by atoms with Crippen LogP contribution in [0.15, 0.2) is 383 Å². The number of rotatable bonds is 4. The normalized spacial score (nSPS) is 12.4. The number of nitrogens with zero attached hydrogens (tertiary/aromatic N) is 2. The van der Waals surface area contributed by atoms with Gasteiger partial charge in [0.2, 0.25) is 0 Å². The van der Waals surface area contributed by atoms with Crippen molar-refractivity contribution in [2.45, 2.75) is 27.7 Å². The van der Waals surface area contributed by atoms with Crippen LogP contribution in [0.5, 0.6) is 0 Å². The second kappa shape index (κ2) is 33.5. The molecule has 0 spiro atoms. The van der Waals surface area contributed by atoms with Gasteiger partial charge in [0.05, 0.1) is 89.4 Å². The molecule has 0 saturated carbocycles. The minimum absolute atomic E-state index is 0.526. The SMILES string of the molecule is Cc1ccc(C2=C3N=C(C(C#Cc4ccccc4)=C3C#Cc3ccccc3)C(c3ccc(C)cc3)=c3[nH]c(c(C#Cc4ccccc4)c3C#Cc3ccccc3)=C(c3ccc(C)cc3)C3=NC(=C(c4ccc(C)cc4)c4[nH]c2c(C#Cc2ccccc2)c4C#Cc2ccccc2)C(C#Cc2ccccc2)=C3C#Cc2ccccc2)cc1. The Morgan fingerprint density at radius 3 is 0.638 bits per heavy atom. The van der Waals surface area contributed by atoms with Crippen LogP contribution in [0.4, 0.5) is 0 Å². The van der Waals surface area contributed by atoms with Crippen LogP contribution in [0, 0.1) is 122 Å². The molecule has 116 heavy (non-hydrogen) atoms. The second-order valence-corrected chi connectivity index (χ2v) is 28.3. The van der Waals surface area contributed by atoms with Crippen LogP contribution in [-0.2, 0) is 0 Å². The molecule has 3 aliphatic rings. The highest BCUT2D eigenvalue weighted by atomic mass is 14.9. The van der Waals surface area contributed by atoms with Gasteiger partial charge in [0, 0.05) is 66.8 Å². The predicted molar refractivity (Wildman–Crippen MR) is 475 cm³/mol. The molecule has 0 amide bonds. The third-order valence-corrected chi connectivity index (χ3v) is 20.0. The predicted octanol–water partition coefficient (Wildman–Crippen LogP) is 20.5. The summed E-state index contributed by atoms with van der Waals surface area (Å²) in [5.41, 5.74) is 24.5. The molecule has 2 N–H and O–H groups in total. The quantitative estimate of drug-likeness (QED) is 0.165. The summed E-state index contributed by atoms with van der Waals surface area (Å²) in [6, 6.07) is 115. The van der Waals surface area contributed by atoms with E-state index in [0.29, 0.717) is 112 Å². The van der Waals surface area contributed by atoms with Crippen LogP contribution in [-0.4, -0.2) is 21.4 Å². The van der Waals surface area contributed by atoms with Crippen molar-refractivity contribution in [3.63, 3.8) is 0 Å². The topological polar surface area (TPSA) is 56.3 Å². The monoisotopic (exact) mass is 1470 g/mol. The van der Waals surface area contributed by atoms with Gasteiger partial charge in [-0.25, -0.2) is 9.98 Å². The lowest BCUT2D eigenvalue weighted by molar-refractivity contribution is 1.24. The summed E-state index contributed by atoms with van der Waals surface area (Å²) in [6.45, 7) is 8.42. The zero-order chi connectivity index (χ0) is 78.5. The van der Waals surface area contributed by atoms with Crippen LogP contribution in [0.2, 0.25) is 0 Å². The molecule has 17 rings (SSSR count). The van der Waals surface area contributed by atoms with Gasteiger partial charge < -0.3 is 9.97 Å². The third kappa shape index (κ3) is 15.9. The lowest BCUT2D eigenvalue weighted by atomic mass is 9.89. The van der Waals surface area contributed by atoms with Crippen molar-refractivity contribution in [3.05, 3.63) is 507 Å². The van der Waals surface area contributed by atoms with E-state index in [1.807, 2.05) is 243 Å². The summed E-state index contributed by atoms with van der Waals surface area (Å²) < 4.78 is 0. The second-order valence-electron chi connectivity index (χ2n) is 28.3. The molecule has 538 valence electrons. The zero-order valence-electron chi connectivity index (χ0n) is 64.2. The first kappa shape index (κ1) is 72.6. The molecule has 2 aliphatic heterocycles. The van der Waals surface area contributed by atoms with Crippen LogP contribution in [0.1, 0.15) is 123 Å². The van der Waals surface area contributed by atoms with Gasteiger partial charge in [-0.15, -0.1) is 0 Å². The summed E-state index contributed by atoms with van der Waals surface area (Å²) >= 11 is 0. The van der Waals surface area contributed by atoms with Crippen molar-refractivity contribution in [2.75, 3.05) is 0 Å². The molecule has 4 heteroatoms. The Hall–Kier alpha value is -16.3. The zero-order valence-corrected chi connectivity index (χ0v) is 64.2. The molecular weight excluding hydrogens is 1400 g/mol. The summed E-state index contributed by atoms with van der Waals surface area (Å²) in [5, 5.41) is 1.23. The number of benzene rings is 12. The number of H-pyrrole nitrogens is 2. The van der Waals surface area contributed by atoms with E-state index < -0.39 is 0 Å². The van der Waals surface area contributed by atoms with Gasteiger partial charge >= 0.3 is 0 Å². The van der Waals surface area contributed by atoms with E-state index in [9.17, 15) is 0 Å². The molecule has 0 unspecified atom stereocenters. The molecule has 4 nitrogen and oxygen atoms in total. The lowest BCUT2D eigenvalue weighted by Crippen LogP contribution is -2.24. The number of hydrogen-bond donors (Lipinski definition) is 2. The maximum atomic E-state index is 6.33. The smallest absolute Gasteiger partial charge is 0.0907 e. The highest BCUT2D eigenvalue weighted by molar-refractivity contribution is 6.37. The fraction of sp³-hybridized carbons (Fsp3) is 0.0357. The standard InChI is InChI=1S/C112H70N4/c1-77-45-61-89(62-46-77)101-105-93(69-53-81-29-13-5-14-30-81)95(71-55-83-33-17-7-18-34-83)107(113-105)102(90-63-47-78(2)48-64-90)109-97(73-57-85-37-21-9-22-38-85)99(75-59-87-41-25-11-26-42-87)111(115-109)104(92-67-51-80(4)52-68-92)112-100(76-60-88-43-27-12-28-44-88)98(74-58-86-39-23-10-24-40-86)110(116-112)103(91-65-49-79(3)50-66-91)108-96(72-56-84-35-19-8-20-36-84)94(106(101)114-108)70-54-82-31-15-6-16-32-82/h5-52,61-68,113,116H,1-4H3. The van der Waals surface area contributed by atoms with Crippen molar-refractivity contribution >= 4 is 33.7 Å². The lowest BCUT2D eigenvalue weighted by Gasteiger charge is -2.13. The fourth-order valence-corrected chi connectivity index (χ4v) is 14.1. The number of allylic oxidation sites excluding steroid dienone is 4. The van der Waals surface area contributed by atoms with Gasteiger partial charge in [-0.1, -0.05) is 360 Å². The van der Waals surface area contributed by atoms with E-state index in [1.165, 1.54) is 0 Å². The van der Waals surface area contributed by atoms with Crippen LogP contribution in [0.25, 0.3) is 22.3 Å². The number of hydrogen-bond acceptors (Lipinski definition) is 2. The molecule has 12 aromatic carbocycles. The molecule has 0 saturated heterocycles. The molecule has 0 fully saturated rings. The highest BCUT2D eigenvalue weighted by Crippen LogP contribution is 2.45. The maximum absolute atomic E-state index is 6.33. The molecule has 4 heterocycles. The van der Waals surface area contributed by atoms with Gasteiger partial charge in [-0.05, 0) is 147 Å². The Bertz CT molecular complexity index is 6690. The first-order chi connectivity index (χ1) is 57.2. The average Bonchev–Trinajstić information content (AvgIpc) is 1.56. The van der Waals surface area contributed by atoms with Gasteiger partial charge in [-0.2, -0.15) is 0 Å². The Morgan fingerprint density at radius 1 is 0.190 bits per heavy atom. The summed E-state index contributed by atoms with van der Waals surface area (Å²) in [4.78, 5) is 21.2. The Morgan fingerprint density at radius 2 is 0.397 bits per heavy atom. The summed E-state index contributed by atoms with van der Waals surface area (Å²) in [6.07, 6.45) is 0. The molecule has 8 bridgehead atoms. The minimum Gasteiger partial charge on any atom is -0.352 e. The average molecular weight is 1470 g/mol. The van der Waals surface area contributed by atoms with E-state index in [4.69, 9.17) is 9.98 Å². The molecule has 0 atom stereocenters. The summed E-state index contributed by atoms with van der Waals surface area (Å²) in [5.74, 6) is 60.5. The fourth-order valence-electron chi connectivity index (χ4n) is 14.1. The van der Waals surface area contributed by atoms with Gasteiger partial charge in [0.15, 0.2) is 0 Å². The Kier molecular flexibility index (Phi) is 21.0. The molecule has 1 aliphatic carbocycles. The van der Waals surface area contributed by atoms with Crippen molar-refractivity contribution in [1.29, 1.82) is 0 Å². The van der Waals surface area contributed by atoms with E-state index in [1.54, 1.807) is 0 Å². The van der Waals surface area contributed by atoms with E-state index in [2.05, 4.69) is 229 Å². The van der Waals surface area contributed by atoms with E-state index >= 15 is 0 Å². The van der Waals surface area contributed by atoms with Crippen molar-refractivity contribution in [3.8, 4) is 94.7 Å². The van der Waals surface area contributed by atoms with Gasteiger partial charge in [0.25, 0.3) is 0 Å². The largest absolute Gasteiger partial charge is 0.352 e. The number of aliphatic imine (C=N–C) groups is 2. The number of aromatic nitrogens is 2. The number of fused-ring (bicyclic) bond motifs is 10. The molecular formula is C112H70N4. The minimum atomic E-state index is 0.526. The highest BCUT2D eigenvalue weighted by Gasteiger charge is 2.37. The van der Waals surface area contributed by atoms with Crippen LogP contribution < -0.4 is 10.7 Å². The number of nitrogens with one attached hydrogen (secondary N) is 2. The first-order valence-corrected chi connectivity index (χ1v) is 38.5. The van der Waals surface area contributed by atoms with E-state index in [-0.39, 0.29) is 0 Å². The Balaban J connectivity index is 1.21. The van der Waals surface area contributed by atoms with E-state index in [0.717, 1.165) is 89.0 Å². The van der Waals surface area contributed by atoms with Crippen molar-refractivity contribution in [1.82, 2.24) is 9.97 Å². The van der Waals surface area contributed by atoms with Gasteiger partial charge in [0.1, 0.15) is 0 Å². The third-order valence-electron chi connectivity index (χ3n) is 20.0. The number of aryl methyl sites for hydroxylation is 4. The maximum Gasteiger partial charge on any atom is 0.0907 e. The first-order valence-electron chi connectivity index (χ1n) is 38.5. The molecule has 14 aromatic rings.